The number of ether oxygens (including phenoxy) is 1. The molecule has 1 radical (unpaired) electrons. The number of alkyl halides is 1. The van der Waals surface area contributed by atoms with Gasteiger partial charge in [0.05, 0.1) is 7.11 Å². The van der Waals surface area contributed by atoms with Crippen LogP contribution in [0.5, 0.6) is 0 Å². The quantitative estimate of drug-likeness (QED) is 0.450. The fourth-order valence-corrected chi connectivity index (χ4v) is 0.994. The zero-order chi connectivity index (χ0) is 7.56. The van der Waals surface area contributed by atoms with E-state index in [0.717, 1.165) is 0 Å². The van der Waals surface area contributed by atoms with Crippen molar-refractivity contribution in [2.75, 3.05) is 13.7 Å². The van der Waals surface area contributed by atoms with Gasteiger partial charge in [-0.1, -0.05) is 0 Å². The Balaban J connectivity index is 0. The van der Waals surface area contributed by atoms with Crippen LogP contribution in [0.15, 0.2) is 0 Å². The molecule has 0 amide bonds. The van der Waals surface area contributed by atoms with Crippen molar-refractivity contribution in [1.29, 1.82) is 0 Å². The third-order valence-electron chi connectivity index (χ3n) is 1.57. The van der Waals surface area contributed by atoms with Crippen LogP contribution in [0.2, 0.25) is 0 Å². The first-order chi connectivity index (χ1) is 4.75. The van der Waals surface area contributed by atoms with E-state index in [1.54, 1.807) is 5.32 Å². The molecule has 1 aliphatic rings. The Morgan fingerprint density at radius 3 is 2.67 bits per heavy atom. The third kappa shape index (κ3) is 3.57. The number of methoxy groups -OCH3 is 1. The van der Waals surface area contributed by atoms with Gasteiger partial charge < -0.3 is 10.1 Å². The van der Waals surface area contributed by atoms with E-state index in [1.807, 2.05) is 0 Å². The summed E-state index contributed by atoms with van der Waals surface area (Å²) in [5.74, 6) is -0.485. The number of carbonyl (C=O) groups excluding carboxylic acids is 1. The number of nitrogens with two attached hydrogens (primary N) is 1. The molecule has 0 aromatic heterocycles. The van der Waals surface area contributed by atoms with Gasteiger partial charge in [0.25, 0.3) is 0 Å². The first-order valence-corrected chi connectivity index (χ1v) is 3.14. The predicted molar refractivity (Wildman–Crippen MR) is 31.8 cm³/mol. The summed E-state index contributed by atoms with van der Waals surface area (Å²) in [7, 11) is 1.27. The van der Waals surface area contributed by atoms with Gasteiger partial charge in [0.15, 0.2) is 6.04 Å². The van der Waals surface area contributed by atoms with Crippen LogP contribution in [0.4, 0.5) is 4.39 Å². The normalized spacial score (nSPS) is 26.8. The fourth-order valence-electron chi connectivity index (χ4n) is 0.994. The molecule has 1 rings (SSSR count). The van der Waals surface area contributed by atoms with Gasteiger partial charge >= 0.3 is 5.97 Å². The van der Waals surface area contributed by atoms with Crippen LogP contribution in [-0.2, 0) is 49.2 Å². The standard InChI is InChI=1S/C6H9FNO2.V.W/c1-10-6(9)5-4(7)2-3-8-5;;/h2,4-5,8H,3H2,1H3;;/q-1;;/p+1/t4-,5+;;/m1../s1. The largest absolute Gasteiger partial charge is 0.465 e. The van der Waals surface area contributed by atoms with Crippen molar-refractivity contribution in [3.8, 4) is 0 Å². The summed E-state index contributed by atoms with van der Waals surface area (Å²) in [5, 5.41) is 1.62. The molecule has 12 heavy (non-hydrogen) atoms. The average molecular weight is 382 g/mol. The Morgan fingerprint density at radius 2 is 2.33 bits per heavy atom. The van der Waals surface area contributed by atoms with Crippen molar-refractivity contribution in [2.24, 2.45) is 0 Å². The van der Waals surface area contributed by atoms with Crippen molar-refractivity contribution in [3.05, 3.63) is 6.42 Å². The number of carbonyl (C=O) groups is 1. The summed E-state index contributed by atoms with van der Waals surface area (Å²) in [5.41, 5.74) is 0. The second-order valence-corrected chi connectivity index (χ2v) is 2.20. The summed E-state index contributed by atoms with van der Waals surface area (Å²) >= 11 is 0. The van der Waals surface area contributed by atoms with Crippen molar-refractivity contribution >= 4 is 5.97 Å². The first kappa shape index (κ1) is 15.1. The van der Waals surface area contributed by atoms with Crippen molar-refractivity contribution in [1.82, 2.24) is 0 Å². The zero-order valence-corrected chi connectivity index (χ0v) is 10.9. The van der Waals surface area contributed by atoms with Gasteiger partial charge in [-0.05, 0) is 6.54 Å². The maximum Gasteiger partial charge on any atom is 0.364 e. The molecule has 6 heteroatoms. The van der Waals surface area contributed by atoms with E-state index in [4.69, 9.17) is 0 Å². The van der Waals surface area contributed by atoms with Crippen molar-refractivity contribution < 1.29 is 58.9 Å². The van der Waals surface area contributed by atoms with Gasteiger partial charge in [0.1, 0.15) is 0 Å². The molecule has 1 heterocycles. The Morgan fingerprint density at radius 1 is 1.75 bits per heavy atom. The second-order valence-electron chi connectivity index (χ2n) is 2.20. The zero-order valence-electron chi connectivity index (χ0n) is 6.57. The van der Waals surface area contributed by atoms with E-state index >= 15 is 0 Å². The van der Waals surface area contributed by atoms with Gasteiger partial charge in [-0.3, -0.25) is 4.39 Å². The van der Waals surface area contributed by atoms with E-state index in [1.165, 1.54) is 13.5 Å². The molecule has 69 valence electrons. The second kappa shape index (κ2) is 7.08. The summed E-state index contributed by atoms with van der Waals surface area (Å²) in [6, 6.07) is -0.662. The van der Waals surface area contributed by atoms with Gasteiger partial charge in [0, 0.05) is 45.8 Å². The van der Waals surface area contributed by atoms with E-state index in [-0.39, 0.29) is 39.6 Å². The van der Waals surface area contributed by atoms with Gasteiger partial charge in [-0.15, -0.1) is 0 Å². The number of hydrogen-bond donors (Lipinski definition) is 1. The fraction of sp³-hybridized carbons (Fsp3) is 0.667. The Bertz CT molecular complexity index is 150. The van der Waals surface area contributed by atoms with Crippen LogP contribution >= 0.6 is 0 Å². The van der Waals surface area contributed by atoms with Gasteiger partial charge in [-0.2, -0.15) is 0 Å². The summed E-state index contributed by atoms with van der Waals surface area (Å²) in [6.07, 6.45) is 0.314. The number of rotatable bonds is 1. The van der Waals surface area contributed by atoms with Crippen molar-refractivity contribution in [3.63, 3.8) is 0 Å². The van der Waals surface area contributed by atoms with Crippen LogP contribution < -0.4 is 5.32 Å². The third-order valence-corrected chi connectivity index (χ3v) is 1.57. The van der Waals surface area contributed by atoms with Crippen molar-refractivity contribution in [2.45, 2.75) is 12.2 Å². The number of quaternary nitrogens is 1. The minimum Gasteiger partial charge on any atom is -0.465 e. The first-order valence-electron chi connectivity index (χ1n) is 3.14. The molecule has 2 atom stereocenters. The Hall–Kier alpha value is 0.633. The Kier molecular flexibility index (Phi) is 8.92. The van der Waals surface area contributed by atoms with Crippen LogP contribution in [0, 0.1) is 6.42 Å². The maximum atomic E-state index is 12.6. The summed E-state index contributed by atoms with van der Waals surface area (Å²) in [4.78, 5) is 10.7. The number of hydrogen-bond acceptors (Lipinski definition) is 2. The predicted octanol–water partition coefficient (Wildman–Crippen LogP) is -1.36. The molecule has 0 unspecified atom stereocenters. The molecule has 0 spiro atoms. The molecule has 0 aliphatic carbocycles. The molecule has 1 aliphatic heterocycles. The molecule has 2 N–H and O–H groups in total. The molecule has 3 nitrogen and oxygen atoms in total. The monoisotopic (exact) mass is 382 g/mol. The molecule has 0 aromatic carbocycles. The minimum absolute atomic E-state index is 0. The van der Waals surface area contributed by atoms with Gasteiger partial charge in [0.2, 0.25) is 0 Å². The molecule has 1 fully saturated rings. The van der Waals surface area contributed by atoms with E-state index in [0.29, 0.717) is 6.54 Å². The smallest absolute Gasteiger partial charge is 0.364 e. The molecule has 0 aromatic rings. The number of halogens is 1. The Labute approximate surface area is 96.9 Å². The topological polar surface area (TPSA) is 42.9 Å². The SMILES string of the molecule is COC(=O)[C@H]1[NH2+]C[CH-][C@H]1F.[V].[W]. The van der Waals surface area contributed by atoms with Crippen LogP contribution in [0.3, 0.4) is 0 Å². The molecule has 0 bridgehead atoms. The van der Waals surface area contributed by atoms with E-state index in [9.17, 15) is 9.18 Å². The molecule has 1 saturated heterocycles. The molecule has 0 saturated carbocycles. The van der Waals surface area contributed by atoms with Crippen LogP contribution in [0.1, 0.15) is 0 Å². The molecular weight excluding hydrogens is 372 g/mol. The number of esters is 1. The summed E-state index contributed by atoms with van der Waals surface area (Å²) in [6.45, 7) is 0.556. The van der Waals surface area contributed by atoms with E-state index in [2.05, 4.69) is 4.74 Å². The molecular formula is C6H10FNO2VW. The van der Waals surface area contributed by atoms with E-state index < -0.39 is 18.2 Å². The van der Waals surface area contributed by atoms with Gasteiger partial charge in [-0.25, -0.2) is 11.2 Å². The van der Waals surface area contributed by atoms with Crippen LogP contribution in [-0.4, -0.2) is 31.8 Å². The average Bonchev–Trinajstić information content (AvgIpc) is 2.34. The maximum absolute atomic E-state index is 12.6. The summed E-state index contributed by atoms with van der Waals surface area (Å²) < 4.78 is 17.0. The van der Waals surface area contributed by atoms with Crippen LogP contribution in [0.25, 0.3) is 0 Å². The minimum atomic E-state index is -1.15.